The summed E-state index contributed by atoms with van der Waals surface area (Å²) in [5.41, 5.74) is 5.48. The van der Waals surface area contributed by atoms with E-state index in [-0.39, 0.29) is 6.04 Å². The first-order valence-electron chi connectivity index (χ1n) is 2.61. The Hall–Kier alpha value is -0.0800. The van der Waals surface area contributed by atoms with E-state index < -0.39 is 0 Å². The zero-order valence-corrected chi connectivity index (χ0v) is 5.23. The second-order valence-electron chi connectivity index (χ2n) is 1.94. The van der Waals surface area contributed by atoms with Gasteiger partial charge < -0.3 is 11.1 Å². The molecule has 0 aliphatic heterocycles. The summed E-state index contributed by atoms with van der Waals surface area (Å²) in [5.74, 6) is 0. The van der Waals surface area contributed by atoms with Crippen LogP contribution in [0.25, 0.3) is 0 Å². The van der Waals surface area contributed by atoms with Crippen molar-refractivity contribution in [3.8, 4) is 0 Å². The Morgan fingerprint density at radius 2 is 1.86 bits per heavy atom. The Labute approximate surface area is 45.1 Å². The molecule has 44 valence electrons. The van der Waals surface area contributed by atoms with E-state index in [1.54, 1.807) is 0 Å². The molecule has 2 heteroatoms. The van der Waals surface area contributed by atoms with Crippen molar-refractivity contribution < 1.29 is 0 Å². The predicted octanol–water partition coefficient (Wildman–Crippen LogP) is -0.0585. The van der Waals surface area contributed by atoms with Gasteiger partial charge in [-0.15, -0.1) is 0 Å². The van der Waals surface area contributed by atoms with E-state index in [4.69, 9.17) is 5.73 Å². The molecule has 1 unspecified atom stereocenters. The highest BCUT2D eigenvalue weighted by Crippen LogP contribution is 1.82. The molecule has 2 nitrogen and oxygen atoms in total. The van der Waals surface area contributed by atoms with E-state index in [1.807, 2.05) is 14.0 Å². The monoisotopic (exact) mass is 102 g/mol. The van der Waals surface area contributed by atoms with E-state index in [2.05, 4.69) is 12.2 Å². The fourth-order valence-corrected chi connectivity index (χ4v) is 0.263. The van der Waals surface area contributed by atoms with Gasteiger partial charge in [0.15, 0.2) is 0 Å². The maximum absolute atomic E-state index is 5.48. The summed E-state index contributed by atoms with van der Waals surface area (Å²) in [4.78, 5) is 0. The summed E-state index contributed by atoms with van der Waals surface area (Å²) in [7, 11) is 1.91. The largest absolute Gasteiger partial charge is 0.327 e. The Morgan fingerprint density at radius 1 is 1.43 bits per heavy atom. The van der Waals surface area contributed by atoms with Crippen LogP contribution in [0, 0.1) is 0 Å². The van der Waals surface area contributed by atoms with Crippen LogP contribution in [0.3, 0.4) is 0 Å². The molecule has 0 aliphatic carbocycles. The molecule has 0 radical (unpaired) electrons. The van der Waals surface area contributed by atoms with Crippen LogP contribution < -0.4 is 11.1 Å². The zero-order chi connectivity index (χ0) is 5.86. The molecule has 2 atom stereocenters. The van der Waals surface area contributed by atoms with Crippen molar-refractivity contribution in [1.82, 2.24) is 5.32 Å². The Balaban J connectivity index is 3.14. The second kappa shape index (κ2) is 2.99. The molecular weight excluding hydrogens is 88.1 g/mol. The van der Waals surface area contributed by atoms with Crippen molar-refractivity contribution in [1.29, 1.82) is 0 Å². The Kier molecular flexibility index (Phi) is 2.96. The van der Waals surface area contributed by atoms with Gasteiger partial charge in [0.05, 0.1) is 0 Å². The fraction of sp³-hybridized carbons (Fsp3) is 1.00. The van der Waals surface area contributed by atoms with Crippen molar-refractivity contribution in [3.63, 3.8) is 0 Å². The lowest BCUT2D eigenvalue weighted by Crippen LogP contribution is -2.38. The first-order chi connectivity index (χ1) is 3.18. The number of nitrogens with one attached hydrogen (secondary N) is 1. The van der Waals surface area contributed by atoms with E-state index in [9.17, 15) is 0 Å². The summed E-state index contributed by atoms with van der Waals surface area (Å²) in [6.45, 7) is 4.05. The minimum absolute atomic E-state index is 0.255. The normalized spacial score (nSPS) is 18.9. The van der Waals surface area contributed by atoms with Gasteiger partial charge in [0.25, 0.3) is 0 Å². The number of likely N-dealkylation sites (N-methyl/N-ethyl adjacent to an activating group) is 1. The van der Waals surface area contributed by atoms with E-state index >= 15 is 0 Å². The van der Waals surface area contributed by atoms with Gasteiger partial charge in [-0.2, -0.15) is 0 Å². The highest BCUT2D eigenvalue weighted by molar-refractivity contribution is 4.66. The molecule has 0 aliphatic rings. The summed E-state index contributed by atoms with van der Waals surface area (Å²) < 4.78 is 0. The Bertz CT molecular complexity index is 43.3. The van der Waals surface area contributed by atoms with E-state index in [0.717, 1.165) is 0 Å². The van der Waals surface area contributed by atoms with Gasteiger partial charge in [-0.05, 0) is 20.9 Å². The molecule has 0 aromatic heterocycles. The van der Waals surface area contributed by atoms with Crippen LogP contribution >= 0.6 is 0 Å². The van der Waals surface area contributed by atoms with Gasteiger partial charge in [0.1, 0.15) is 0 Å². The first kappa shape index (κ1) is 6.92. The molecule has 0 amide bonds. The number of hydrogen-bond acceptors (Lipinski definition) is 2. The lowest BCUT2D eigenvalue weighted by atomic mass is 10.2. The summed E-state index contributed by atoms with van der Waals surface area (Å²) >= 11 is 0. The lowest BCUT2D eigenvalue weighted by Gasteiger charge is -2.12. The Morgan fingerprint density at radius 3 is 1.86 bits per heavy atom. The minimum atomic E-state index is 0.255. The molecular formula is C5H14N2. The molecule has 0 aromatic rings. The molecule has 0 spiro atoms. The van der Waals surface area contributed by atoms with Crippen molar-refractivity contribution >= 4 is 0 Å². The second-order valence-corrected chi connectivity index (χ2v) is 1.94. The molecule has 0 saturated carbocycles. The van der Waals surface area contributed by atoms with Crippen molar-refractivity contribution in [2.75, 3.05) is 7.05 Å². The van der Waals surface area contributed by atoms with Gasteiger partial charge in [-0.1, -0.05) is 0 Å². The smallest absolute Gasteiger partial charge is 0.0185 e. The summed E-state index contributed by atoms with van der Waals surface area (Å²) in [6, 6.07) is 0.685. The topological polar surface area (TPSA) is 38.0 Å². The quantitative estimate of drug-likeness (QED) is 0.512. The van der Waals surface area contributed by atoms with Gasteiger partial charge in [-0.25, -0.2) is 0 Å². The summed E-state index contributed by atoms with van der Waals surface area (Å²) in [5, 5.41) is 3.04. The fourth-order valence-electron chi connectivity index (χ4n) is 0.263. The average Bonchev–Trinajstić information content (AvgIpc) is 1.65. The third-order valence-electron chi connectivity index (χ3n) is 1.24. The highest BCUT2D eigenvalue weighted by atomic mass is 14.9. The lowest BCUT2D eigenvalue weighted by molar-refractivity contribution is 0.519. The number of rotatable bonds is 2. The third-order valence-corrected chi connectivity index (χ3v) is 1.24. The number of nitrogens with two attached hydrogens (primary N) is 1. The van der Waals surface area contributed by atoms with Gasteiger partial charge in [0.2, 0.25) is 0 Å². The van der Waals surface area contributed by atoms with Crippen molar-refractivity contribution in [2.45, 2.75) is 25.9 Å². The number of hydrogen-bond donors (Lipinski definition) is 2. The van der Waals surface area contributed by atoms with Gasteiger partial charge in [-0.3, -0.25) is 0 Å². The zero-order valence-electron chi connectivity index (χ0n) is 5.23. The molecule has 0 rings (SSSR count). The van der Waals surface area contributed by atoms with Gasteiger partial charge >= 0.3 is 0 Å². The maximum atomic E-state index is 5.48. The van der Waals surface area contributed by atoms with Crippen LogP contribution in [0.1, 0.15) is 13.8 Å². The van der Waals surface area contributed by atoms with Crippen molar-refractivity contribution in [3.05, 3.63) is 0 Å². The predicted molar refractivity (Wildman–Crippen MR) is 32.2 cm³/mol. The highest BCUT2D eigenvalue weighted by Gasteiger charge is 2.00. The third kappa shape index (κ3) is 2.60. The van der Waals surface area contributed by atoms with Crippen LogP contribution in [0.4, 0.5) is 0 Å². The van der Waals surface area contributed by atoms with Crippen LogP contribution in [0.5, 0.6) is 0 Å². The van der Waals surface area contributed by atoms with E-state index in [1.165, 1.54) is 0 Å². The van der Waals surface area contributed by atoms with E-state index in [0.29, 0.717) is 6.04 Å². The van der Waals surface area contributed by atoms with Crippen LogP contribution in [0.15, 0.2) is 0 Å². The molecule has 0 aromatic carbocycles. The van der Waals surface area contributed by atoms with Crippen molar-refractivity contribution in [2.24, 2.45) is 5.73 Å². The molecule has 3 N–H and O–H groups in total. The minimum Gasteiger partial charge on any atom is -0.327 e. The van der Waals surface area contributed by atoms with Crippen LogP contribution in [-0.4, -0.2) is 19.1 Å². The molecule has 0 saturated heterocycles. The molecule has 0 bridgehead atoms. The first-order valence-corrected chi connectivity index (χ1v) is 2.61. The summed E-state index contributed by atoms with van der Waals surface area (Å²) in [6.07, 6.45) is 0. The average molecular weight is 102 g/mol. The maximum Gasteiger partial charge on any atom is 0.0185 e. The van der Waals surface area contributed by atoms with Crippen LogP contribution in [0.2, 0.25) is 0 Å². The SMILES string of the molecule is CNC(C)[C@H](C)N. The van der Waals surface area contributed by atoms with Crippen LogP contribution in [-0.2, 0) is 0 Å². The van der Waals surface area contributed by atoms with Gasteiger partial charge in [0, 0.05) is 12.1 Å². The standard InChI is InChI=1S/C5H14N2/c1-4(6)5(2)7-3/h4-5,7H,6H2,1-3H3/t4-,5?/m0/s1. The molecule has 7 heavy (non-hydrogen) atoms. The molecule has 0 fully saturated rings. The molecule has 0 heterocycles.